The third-order valence-electron chi connectivity index (χ3n) is 2.59. The van der Waals surface area contributed by atoms with Gasteiger partial charge in [0.15, 0.2) is 5.78 Å². The van der Waals surface area contributed by atoms with Gasteiger partial charge < -0.3 is 5.11 Å². The van der Waals surface area contributed by atoms with E-state index in [0.29, 0.717) is 0 Å². The first kappa shape index (κ1) is 14.7. The highest BCUT2D eigenvalue weighted by Gasteiger charge is 2.30. The molecule has 0 aliphatic rings. The van der Waals surface area contributed by atoms with Crippen LogP contribution >= 0.6 is 0 Å². The van der Waals surface area contributed by atoms with Gasteiger partial charge in [-0.15, -0.1) is 0 Å². The van der Waals surface area contributed by atoms with E-state index >= 15 is 0 Å². The second kappa shape index (κ2) is 5.52. The van der Waals surface area contributed by atoms with Crippen molar-refractivity contribution < 1.29 is 23.1 Å². The number of hydrogen-bond donors (Lipinski definition) is 1. The first-order chi connectivity index (χ1) is 8.21. The average molecular weight is 260 g/mol. The fraction of sp³-hybridized carbons (Fsp3) is 0.462. The van der Waals surface area contributed by atoms with Crippen LogP contribution in [0.5, 0.6) is 0 Å². The first-order valence-electron chi connectivity index (χ1n) is 5.58. The highest BCUT2D eigenvalue weighted by atomic mass is 19.4. The average Bonchev–Trinajstić information content (AvgIpc) is 2.27. The van der Waals surface area contributed by atoms with Gasteiger partial charge in [0.25, 0.3) is 0 Å². The Morgan fingerprint density at radius 2 is 1.94 bits per heavy atom. The largest absolute Gasteiger partial charge is 0.416 e. The molecule has 0 spiro atoms. The van der Waals surface area contributed by atoms with Crippen LogP contribution in [0.3, 0.4) is 0 Å². The van der Waals surface area contributed by atoms with E-state index in [1.807, 2.05) is 0 Å². The Bertz CT molecular complexity index is 424. The van der Waals surface area contributed by atoms with Gasteiger partial charge in [0.2, 0.25) is 0 Å². The molecule has 1 unspecified atom stereocenters. The van der Waals surface area contributed by atoms with Crippen LogP contribution in [0.25, 0.3) is 0 Å². The number of ketones is 1. The van der Waals surface area contributed by atoms with Crippen molar-refractivity contribution in [3.63, 3.8) is 0 Å². The van der Waals surface area contributed by atoms with Crippen molar-refractivity contribution in [2.45, 2.75) is 32.5 Å². The van der Waals surface area contributed by atoms with Crippen molar-refractivity contribution >= 4 is 5.78 Å². The van der Waals surface area contributed by atoms with Crippen LogP contribution in [-0.2, 0) is 17.4 Å². The number of alkyl halides is 3. The van der Waals surface area contributed by atoms with Crippen LogP contribution in [0.2, 0.25) is 0 Å². The molecule has 0 bridgehead atoms. The molecule has 0 aliphatic carbocycles. The third-order valence-corrected chi connectivity index (χ3v) is 2.59. The molecule has 0 saturated carbocycles. The minimum absolute atomic E-state index is 0.191. The third kappa shape index (κ3) is 3.84. The summed E-state index contributed by atoms with van der Waals surface area (Å²) in [5.41, 5.74) is -0.527. The van der Waals surface area contributed by atoms with Gasteiger partial charge in [-0.25, -0.2) is 0 Å². The molecule has 0 heterocycles. The van der Waals surface area contributed by atoms with E-state index in [4.69, 9.17) is 0 Å². The lowest BCUT2D eigenvalue weighted by molar-refractivity contribution is -0.137. The summed E-state index contributed by atoms with van der Waals surface area (Å²) in [5, 5.41) is 9.51. The molecule has 2 nitrogen and oxygen atoms in total. The number of rotatable bonds is 4. The maximum Gasteiger partial charge on any atom is 0.416 e. The lowest BCUT2D eigenvalue weighted by Crippen LogP contribution is -2.27. The summed E-state index contributed by atoms with van der Waals surface area (Å²) >= 11 is 0. The molecule has 1 atom stereocenters. The van der Waals surface area contributed by atoms with Gasteiger partial charge in [0.1, 0.15) is 6.10 Å². The monoisotopic (exact) mass is 260 g/mol. The molecule has 0 aliphatic heterocycles. The molecular weight excluding hydrogens is 245 g/mol. The Morgan fingerprint density at radius 3 is 2.44 bits per heavy atom. The van der Waals surface area contributed by atoms with Crippen molar-refractivity contribution in [2.24, 2.45) is 5.92 Å². The zero-order valence-electron chi connectivity index (χ0n) is 10.2. The quantitative estimate of drug-likeness (QED) is 0.903. The van der Waals surface area contributed by atoms with Gasteiger partial charge in [0, 0.05) is 6.42 Å². The van der Waals surface area contributed by atoms with Crippen molar-refractivity contribution in [2.75, 3.05) is 0 Å². The van der Waals surface area contributed by atoms with Crippen LogP contribution in [0.4, 0.5) is 13.2 Å². The molecule has 1 rings (SSSR count). The standard InChI is InChI=1S/C13H15F3O2/c1-8(2)12(18)11(17)7-9-4-3-5-10(6-9)13(14,15)16/h3-6,8,12,18H,7H2,1-2H3. The number of Topliss-reactive ketones (excluding diaryl/α,β-unsaturated/α-hetero) is 1. The number of halogens is 3. The highest BCUT2D eigenvalue weighted by molar-refractivity contribution is 5.85. The van der Waals surface area contributed by atoms with Crippen LogP contribution in [0.1, 0.15) is 25.0 Å². The molecule has 1 aromatic carbocycles. The van der Waals surface area contributed by atoms with Crippen molar-refractivity contribution in [1.29, 1.82) is 0 Å². The normalized spacial score (nSPS) is 13.7. The minimum atomic E-state index is -4.42. The molecule has 100 valence electrons. The topological polar surface area (TPSA) is 37.3 Å². The molecule has 0 aromatic heterocycles. The second-order valence-electron chi connectivity index (χ2n) is 4.53. The first-order valence-corrected chi connectivity index (χ1v) is 5.58. The van der Waals surface area contributed by atoms with E-state index in [1.54, 1.807) is 13.8 Å². The smallest absolute Gasteiger partial charge is 0.385 e. The van der Waals surface area contributed by atoms with Crippen LogP contribution in [0, 0.1) is 5.92 Å². The minimum Gasteiger partial charge on any atom is -0.385 e. The SMILES string of the molecule is CC(C)C(O)C(=O)Cc1cccc(C(F)(F)F)c1. The Balaban J connectivity index is 2.83. The maximum absolute atomic E-state index is 12.5. The Hall–Kier alpha value is -1.36. The van der Waals surface area contributed by atoms with Gasteiger partial charge in [0.05, 0.1) is 5.56 Å². The summed E-state index contributed by atoms with van der Waals surface area (Å²) in [6.07, 6.45) is -5.75. The van der Waals surface area contributed by atoms with E-state index in [-0.39, 0.29) is 17.9 Å². The second-order valence-corrected chi connectivity index (χ2v) is 4.53. The summed E-state index contributed by atoms with van der Waals surface area (Å²) in [5.74, 6) is -0.715. The van der Waals surface area contributed by atoms with E-state index in [9.17, 15) is 23.1 Å². The van der Waals surface area contributed by atoms with Crippen molar-refractivity contribution in [1.82, 2.24) is 0 Å². The summed E-state index contributed by atoms with van der Waals surface area (Å²) in [7, 11) is 0. The van der Waals surface area contributed by atoms with Gasteiger partial charge in [-0.05, 0) is 17.5 Å². The predicted octanol–water partition coefficient (Wildman–Crippen LogP) is 2.83. The molecule has 5 heteroatoms. The number of aliphatic hydroxyl groups is 1. The summed E-state index contributed by atoms with van der Waals surface area (Å²) in [4.78, 5) is 11.6. The molecule has 0 radical (unpaired) electrons. The predicted molar refractivity (Wildman–Crippen MR) is 61.0 cm³/mol. The van der Waals surface area contributed by atoms with Gasteiger partial charge in [-0.1, -0.05) is 32.0 Å². The van der Waals surface area contributed by atoms with Crippen molar-refractivity contribution in [3.05, 3.63) is 35.4 Å². The van der Waals surface area contributed by atoms with E-state index in [0.717, 1.165) is 12.1 Å². The Kier molecular flexibility index (Phi) is 4.51. The fourth-order valence-corrected chi connectivity index (χ4v) is 1.54. The van der Waals surface area contributed by atoms with Crippen molar-refractivity contribution in [3.8, 4) is 0 Å². The van der Waals surface area contributed by atoms with E-state index in [2.05, 4.69) is 0 Å². The number of carbonyl (C=O) groups is 1. The molecule has 18 heavy (non-hydrogen) atoms. The fourth-order valence-electron chi connectivity index (χ4n) is 1.54. The van der Waals surface area contributed by atoms with Gasteiger partial charge >= 0.3 is 6.18 Å². The van der Waals surface area contributed by atoms with Gasteiger partial charge in [-0.3, -0.25) is 4.79 Å². The van der Waals surface area contributed by atoms with Crippen LogP contribution in [-0.4, -0.2) is 17.0 Å². The molecule has 1 N–H and O–H groups in total. The molecule has 0 fully saturated rings. The summed E-state index contributed by atoms with van der Waals surface area (Å²) < 4.78 is 37.4. The molecular formula is C13H15F3O2. The Morgan fingerprint density at radius 1 is 1.33 bits per heavy atom. The lowest BCUT2D eigenvalue weighted by Gasteiger charge is -2.13. The molecule has 0 saturated heterocycles. The number of hydrogen-bond acceptors (Lipinski definition) is 2. The highest BCUT2D eigenvalue weighted by Crippen LogP contribution is 2.29. The van der Waals surface area contributed by atoms with Gasteiger partial charge in [-0.2, -0.15) is 13.2 Å². The van der Waals surface area contributed by atoms with E-state index < -0.39 is 23.6 Å². The summed E-state index contributed by atoms with van der Waals surface area (Å²) in [6.45, 7) is 3.35. The maximum atomic E-state index is 12.5. The summed E-state index contributed by atoms with van der Waals surface area (Å²) in [6, 6.07) is 4.59. The zero-order valence-corrected chi connectivity index (χ0v) is 10.2. The Labute approximate surface area is 103 Å². The number of carbonyl (C=O) groups excluding carboxylic acids is 1. The number of benzene rings is 1. The molecule has 0 amide bonds. The van der Waals surface area contributed by atoms with E-state index in [1.165, 1.54) is 12.1 Å². The molecule has 1 aromatic rings. The van der Waals surface area contributed by atoms with Crippen LogP contribution < -0.4 is 0 Å². The lowest BCUT2D eigenvalue weighted by atomic mass is 9.97. The van der Waals surface area contributed by atoms with Crippen LogP contribution in [0.15, 0.2) is 24.3 Å². The number of aliphatic hydroxyl groups excluding tert-OH is 1. The zero-order chi connectivity index (χ0) is 13.9.